The van der Waals surface area contributed by atoms with Crippen LogP contribution in [0, 0.1) is 0 Å². The molecular formula is C60H109NO18. The van der Waals surface area contributed by atoms with Crippen LogP contribution in [0.25, 0.3) is 0 Å². The summed E-state index contributed by atoms with van der Waals surface area (Å²) in [4.78, 5) is 13.3. The highest BCUT2D eigenvalue weighted by Gasteiger charge is 2.53. The summed E-state index contributed by atoms with van der Waals surface area (Å²) in [5.41, 5.74) is 0. The molecule has 3 aliphatic rings. The quantitative estimate of drug-likeness (QED) is 0.0257. The van der Waals surface area contributed by atoms with Crippen LogP contribution in [0.4, 0.5) is 0 Å². The molecule has 17 atom stereocenters. The first kappa shape index (κ1) is 71.3. The Bertz CT molecular complexity index is 1590. The fourth-order valence-electron chi connectivity index (χ4n) is 10.3. The molecule has 462 valence electrons. The molecule has 0 radical (unpaired) electrons. The van der Waals surface area contributed by atoms with Crippen molar-refractivity contribution in [2.75, 3.05) is 26.4 Å². The molecule has 17 unspecified atom stereocenters. The van der Waals surface area contributed by atoms with E-state index in [1.165, 1.54) is 128 Å². The molecule has 0 aliphatic carbocycles. The Morgan fingerprint density at radius 3 is 1.25 bits per heavy atom. The van der Waals surface area contributed by atoms with E-state index in [1.807, 2.05) is 6.08 Å². The molecule has 0 aromatic carbocycles. The molecule has 1 amide bonds. The molecule has 19 heteroatoms. The second-order valence-electron chi connectivity index (χ2n) is 22.2. The predicted octanol–water partition coefficient (Wildman–Crippen LogP) is 5.71. The van der Waals surface area contributed by atoms with Crippen LogP contribution in [0.15, 0.2) is 36.5 Å². The van der Waals surface area contributed by atoms with Crippen molar-refractivity contribution >= 4 is 5.91 Å². The molecule has 79 heavy (non-hydrogen) atoms. The molecule has 12 N–H and O–H groups in total. The minimum Gasteiger partial charge on any atom is -0.394 e. The summed E-state index contributed by atoms with van der Waals surface area (Å²) in [7, 11) is 0. The van der Waals surface area contributed by atoms with E-state index in [2.05, 4.69) is 43.5 Å². The van der Waals surface area contributed by atoms with Gasteiger partial charge in [0, 0.05) is 6.42 Å². The lowest BCUT2D eigenvalue weighted by Gasteiger charge is -2.48. The van der Waals surface area contributed by atoms with Gasteiger partial charge in [-0.25, -0.2) is 0 Å². The summed E-state index contributed by atoms with van der Waals surface area (Å²) in [6.45, 7) is 1.65. The Balaban J connectivity index is 1.47. The topological polar surface area (TPSA) is 307 Å². The summed E-state index contributed by atoms with van der Waals surface area (Å²) < 4.78 is 34.2. The third-order valence-corrected chi connectivity index (χ3v) is 15.4. The van der Waals surface area contributed by atoms with Crippen molar-refractivity contribution < 1.29 is 89.4 Å². The maximum absolute atomic E-state index is 13.3. The number of carbonyl (C=O) groups is 1. The minimum atomic E-state index is -1.98. The average molecular weight is 1130 g/mol. The van der Waals surface area contributed by atoms with Gasteiger partial charge in [0.1, 0.15) is 73.2 Å². The lowest BCUT2D eigenvalue weighted by atomic mass is 9.96. The molecule has 0 aromatic rings. The molecule has 0 aromatic heterocycles. The van der Waals surface area contributed by atoms with Gasteiger partial charge in [-0.15, -0.1) is 0 Å². The molecule has 3 rings (SSSR count). The summed E-state index contributed by atoms with van der Waals surface area (Å²) in [6, 6.07) is -0.992. The average Bonchev–Trinajstić information content (AvgIpc) is 3.58. The van der Waals surface area contributed by atoms with E-state index in [9.17, 15) is 61.0 Å². The van der Waals surface area contributed by atoms with Gasteiger partial charge in [0.2, 0.25) is 5.91 Å². The van der Waals surface area contributed by atoms with Crippen LogP contribution in [-0.4, -0.2) is 193 Å². The van der Waals surface area contributed by atoms with Gasteiger partial charge in [-0.05, 0) is 38.5 Å². The van der Waals surface area contributed by atoms with Crippen LogP contribution < -0.4 is 5.32 Å². The Morgan fingerprint density at radius 1 is 0.443 bits per heavy atom. The van der Waals surface area contributed by atoms with Crippen molar-refractivity contribution in [2.24, 2.45) is 0 Å². The highest BCUT2D eigenvalue weighted by atomic mass is 16.8. The maximum Gasteiger partial charge on any atom is 0.220 e. The fourth-order valence-corrected chi connectivity index (χ4v) is 10.3. The van der Waals surface area contributed by atoms with Gasteiger partial charge in [0.15, 0.2) is 18.9 Å². The second-order valence-corrected chi connectivity index (χ2v) is 22.2. The normalized spacial score (nSPS) is 30.5. The van der Waals surface area contributed by atoms with Gasteiger partial charge in [0.05, 0.1) is 38.6 Å². The number of aliphatic hydroxyl groups excluding tert-OH is 11. The molecule has 0 bridgehead atoms. The van der Waals surface area contributed by atoms with Crippen molar-refractivity contribution in [3.8, 4) is 0 Å². The number of aliphatic hydroxyl groups is 11. The van der Waals surface area contributed by atoms with Gasteiger partial charge in [-0.1, -0.05) is 198 Å². The third-order valence-electron chi connectivity index (χ3n) is 15.4. The van der Waals surface area contributed by atoms with Crippen LogP contribution in [0.2, 0.25) is 0 Å². The number of amides is 1. The smallest absolute Gasteiger partial charge is 0.220 e. The molecule has 3 heterocycles. The molecule has 19 nitrogen and oxygen atoms in total. The van der Waals surface area contributed by atoms with Crippen LogP contribution >= 0.6 is 0 Å². The van der Waals surface area contributed by atoms with Gasteiger partial charge >= 0.3 is 0 Å². The zero-order valence-corrected chi connectivity index (χ0v) is 48.1. The van der Waals surface area contributed by atoms with Crippen LogP contribution in [-0.2, 0) is 33.2 Å². The van der Waals surface area contributed by atoms with E-state index in [1.54, 1.807) is 6.08 Å². The number of hydrogen-bond donors (Lipinski definition) is 12. The first-order valence-electron chi connectivity index (χ1n) is 30.7. The predicted molar refractivity (Wildman–Crippen MR) is 300 cm³/mol. The Labute approximate surface area is 472 Å². The van der Waals surface area contributed by atoms with E-state index in [0.717, 1.165) is 44.9 Å². The maximum atomic E-state index is 13.3. The van der Waals surface area contributed by atoms with Gasteiger partial charge in [-0.2, -0.15) is 0 Å². The number of hydrogen-bond acceptors (Lipinski definition) is 18. The summed E-state index contributed by atoms with van der Waals surface area (Å²) in [5.74, 6) is -0.289. The summed E-state index contributed by atoms with van der Waals surface area (Å²) in [5, 5.41) is 120. The number of ether oxygens (including phenoxy) is 6. The van der Waals surface area contributed by atoms with Gasteiger partial charge in [0.25, 0.3) is 0 Å². The Morgan fingerprint density at radius 2 is 0.810 bits per heavy atom. The largest absolute Gasteiger partial charge is 0.394 e. The first-order valence-corrected chi connectivity index (χ1v) is 30.7. The second kappa shape index (κ2) is 43.6. The minimum absolute atomic E-state index is 0.235. The van der Waals surface area contributed by atoms with Crippen molar-refractivity contribution in [3.63, 3.8) is 0 Å². The number of carbonyl (C=O) groups excluding carboxylic acids is 1. The SMILES string of the molecule is CCCC/C=C/CC/C=C/CC/C=C/C(O)C(COC1OC(CO)C(OC2OC(CO)C(OC3OC(CO)C(O)C(O)C3O)C(O)C2O)C(O)C1O)NC(=O)CCCCCCCCCCCCCCCCCCCCCCCC. The highest BCUT2D eigenvalue weighted by Crippen LogP contribution is 2.33. The zero-order chi connectivity index (χ0) is 57.6. The molecular weight excluding hydrogens is 1020 g/mol. The monoisotopic (exact) mass is 1130 g/mol. The van der Waals surface area contributed by atoms with Gasteiger partial charge in [-0.3, -0.25) is 4.79 Å². The van der Waals surface area contributed by atoms with Crippen molar-refractivity contribution in [1.29, 1.82) is 0 Å². The van der Waals surface area contributed by atoms with E-state index in [0.29, 0.717) is 12.8 Å². The van der Waals surface area contributed by atoms with Crippen molar-refractivity contribution in [1.82, 2.24) is 5.32 Å². The van der Waals surface area contributed by atoms with Crippen LogP contribution in [0.5, 0.6) is 0 Å². The number of rotatable bonds is 45. The number of allylic oxidation sites excluding steroid dienone is 5. The van der Waals surface area contributed by atoms with E-state index in [4.69, 9.17) is 28.4 Å². The highest BCUT2D eigenvalue weighted by molar-refractivity contribution is 5.76. The molecule has 3 aliphatic heterocycles. The number of unbranched alkanes of at least 4 members (excludes halogenated alkanes) is 25. The van der Waals surface area contributed by atoms with E-state index < -0.39 is 124 Å². The summed E-state index contributed by atoms with van der Waals surface area (Å²) >= 11 is 0. The summed E-state index contributed by atoms with van der Waals surface area (Å²) in [6.07, 6.45) is 20.0. The van der Waals surface area contributed by atoms with Crippen LogP contribution in [0.1, 0.15) is 206 Å². The van der Waals surface area contributed by atoms with E-state index >= 15 is 0 Å². The Kier molecular flexibility index (Phi) is 39.4. The standard InChI is InChI=1S/C60H109NO18/c1-3-5-7-9-11-13-15-17-18-19-20-21-22-23-24-25-26-28-30-32-34-36-38-48(66)61-43(44(65)37-35-33-31-29-27-16-14-12-10-8-6-4-2)42-74-58-54(72)51(69)56(46(40-63)76-58)79-60-55(73)52(70)57(47(41-64)77-60)78-59-53(71)50(68)49(67)45(39-62)75-59/h10,12,27,29,35,37,43-47,49-60,62-65,67-73H,3-9,11,13-26,28,30-34,36,38-42H2,1-2H3,(H,61,66)/b12-10+,29-27+,37-35+. The van der Waals surface area contributed by atoms with Crippen molar-refractivity contribution in [3.05, 3.63) is 36.5 Å². The first-order chi connectivity index (χ1) is 38.3. The molecule has 0 spiro atoms. The van der Waals surface area contributed by atoms with Crippen molar-refractivity contribution in [2.45, 2.75) is 311 Å². The zero-order valence-electron chi connectivity index (χ0n) is 48.1. The lowest BCUT2D eigenvalue weighted by Crippen LogP contribution is -2.66. The number of nitrogens with one attached hydrogen (secondary N) is 1. The van der Waals surface area contributed by atoms with E-state index in [-0.39, 0.29) is 18.9 Å². The fraction of sp³-hybridized carbons (Fsp3) is 0.883. The third kappa shape index (κ3) is 27.5. The Hall–Kier alpha value is -1.99. The molecule has 3 saturated heterocycles. The molecule has 3 fully saturated rings. The van der Waals surface area contributed by atoms with Crippen LogP contribution in [0.3, 0.4) is 0 Å². The lowest BCUT2D eigenvalue weighted by molar-refractivity contribution is -0.379. The molecule has 0 saturated carbocycles. The van der Waals surface area contributed by atoms with Gasteiger partial charge < -0.3 is 89.9 Å².